The molecule has 2 heteroatoms. The third kappa shape index (κ3) is 3.04. The summed E-state index contributed by atoms with van der Waals surface area (Å²) >= 11 is 6.52. The van der Waals surface area contributed by atoms with Crippen molar-refractivity contribution in [2.75, 3.05) is 19.6 Å². The molecule has 0 spiro atoms. The van der Waals surface area contributed by atoms with E-state index in [2.05, 4.69) is 61.2 Å². The number of likely N-dealkylation sites (N-methyl/N-ethyl adjacent to an activating group) is 1. The van der Waals surface area contributed by atoms with Gasteiger partial charge in [0, 0.05) is 6.54 Å². The molecule has 96 valence electrons. The molecule has 0 aromatic heterocycles. The highest BCUT2D eigenvalue weighted by Gasteiger charge is 2.11. The summed E-state index contributed by atoms with van der Waals surface area (Å²) in [6, 6.07) is 14.9. The highest BCUT2D eigenvalue weighted by atomic mass is 35.5. The molecule has 0 saturated carbocycles. The van der Waals surface area contributed by atoms with Gasteiger partial charge in [-0.3, -0.25) is 0 Å². The fourth-order valence-corrected chi connectivity index (χ4v) is 2.55. The van der Waals surface area contributed by atoms with Gasteiger partial charge in [-0.1, -0.05) is 50.2 Å². The van der Waals surface area contributed by atoms with Gasteiger partial charge in [0.1, 0.15) is 0 Å². The van der Waals surface area contributed by atoms with E-state index in [1.165, 1.54) is 16.3 Å². The van der Waals surface area contributed by atoms with E-state index in [9.17, 15) is 0 Å². The van der Waals surface area contributed by atoms with Gasteiger partial charge in [0.25, 0.3) is 0 Å². The lowest BCUT2D eigenvalue weighted by Gasteiger charge is -2.21. The first-order chi connectivity index (χ1) is 8.74. The van der Waals surface area contributed by atoms with E-state index in [0.29, 0.717) is 0 Å². The van der Waals surface area contributed by atoms with E-state index >= 15 is 0 Å². The largest absolute Gasteiger partial charge is 0.302 e. The summed E-state index contributed by atoms with van der Waals surface area (Å²) in [5.74, 6) is 0. The maximum atomic E-state index is 6.52. The average molecular weight is 262 g/mol. The van der Waals surface area contributed by atoms with Crippen molar-refractivity contribution in [3.05, 3.63) is 48.0 Å². The van der Waals surface area contributed by atoms with Gasteiger partial charge in [-0.05, 0) is 35.5 Å². The minimum atomic E-state index is 0.0644. The van der Waals surface area contributed by atoms with E-state index < -0.39 is 0 Å². The summed E-state index contributed by atoms with van der Waals surface area (Å²) in [5, 5.41) is 2.60. The minimum Gasteiger partial charge on any atom is -0.302 e. The average Bonchev–Trinajstić information content (AvgIpc) is 2.44. The molecule has 18 heavy (non-hydrogen) atoms. The Morgan fingerprint density at radius 3 is 2.33 bits per heavy atom. The fraction of sp³-hybridized carbons (Fsp3) is 0.375. The van der Waals surface area contributed by atoms with Gasteiger partial charge in [0.05, 0.1) is 5.38 Å². The van der Waals surface area contributed by atoms with Crippen LogP contribution in [0, 0.1) is 0 Å². The lowest BCUT2D eigenvalue weighted by atomic mass is 10.0. The van der Waals surface area contributed by atoms with Gasteiger partial charge in [-0.2, -0.15) is 0 Å². The lowest BCUT2D eigenvalue weighted by Crippen LogP contribution is -2.26. The first-order valence-electron chi connectivity index (χ1n) is 6.59. The molecule has 1 nitrogen and oxygen atoms in total. The van der Waals surface area contributed by atoms with Crippen molar-refractivity contribution in [1.82, 2.24) is 4.90 Å². The number of alkyl halides is 1. The van der Waals surface area contributed by atoms with Crippen molar-refractivity contribution in [3.8, 4) is 0 Å². The molecule has 0 amide bonds. The molecule has 1 unspecified atom stereocenters. The third-order valence-corrected chi connectivity index (χ3v) is 3.84. The molecule has 0 aliphatic rings. The Morgan fingerprint density at radius 2 is 1.67 bits per heavy atom. The molecule has 0 saturated heterocycles. The highest BCUT2D eigenvalue weighted by Crippen LogP contribution is 2.25. The normalized spacial score (nSPS) is 13.1. The van der Waals surface area contributed by atoms with Gasteiger partial charge in [0.2, 0.25) is 0 Å². The number of hydrogen-bond acceptors (Lipinski definition) is 1. The Morgan fingerprint density at radius 1 is 1.00 bits per heavy atom. The Balaban J connectivity index is 2.19. The van der Waals surface area contributed by atoms with Crippen molar-refractivity contribution < 1.29 is 0 Å². The van der Waals surface area contributed by atoms with Crippen molar-refractivity contribution in [2.24, 2.45) is 0 Å². The van der Waals surface area contributed by atoms with Gasteiger partial charge < -0.3 is 4.90 Å². The first kappa shape index (κ1) is 13.4. The number of halogens is 1. The zero-order chi connectivity index (χ0) is 13.0. The van der Waals surface area contributed by atoms with Crippen LogP contribution < -0.4 is 0 Å². The SMILES string of the molecule is CCN(CC)CC(Cl)c1ccc2ccccc2c1. The zero-order valence-corrected chi connectivity index (χ0v) is 11.8. The van der Waals surface area contributed by atoms with Gasteiger partial charge in [-0.25, -0.2) is 0 Å². The van der Waals surface area contributed by atoms with Crippen LogP contribution in [-0.4, -0.2) is 24.5 Å². The number of fused-ring (bicyclic) bond motifs is 1. The predicted octanol–water partition coefficient (Wildman–Crippen LogP) is 4.46. The first-order valence-corrected chi connectivity index (χ1v) is 7.03. The molecular formula is C16H20ClN. The summed E-state index contributed by atoms with van der Waals surface area (Å²) in [6.45, 7) is 7.36. The van der Waals surface area contributed by atoms with Crippen LogP contribution in [0.4, 0.5) is 0 Å². The second-order valence-electron chi connectivity index (χ2n) is 4.56. The van der Waals surface area contributed by atoms with Crippen molar-refractivity contribution in [1.29, 1.82) is 0 Å². The number of rotatable bonds is 5. The lowest BCUT2D eigenvalue weighted by molar-refractivity contribution is 0.304. The molecule has 2 aromatic carbocycles. The summed E-state index contributed by atoms with van der Waals surface area (Å²) in [5.41, 5.74) is 1.21. The molecular weight excluding hydrogens is 242 g/mol. The molecule has 0 aliphatic heterocycles. The van der Waals surface area contributed by atoms with Crippen molar-refractivity contribution >= 4 is 22.4 Å². The van der Waals surface area contributed by atoms with Crippen LogP contribution in [0.3, 0.4) is 0 Å². The second-order valence-corrected chi connectivity index (χ2v) is 5.09. The fourth-order valence-electron chi connectivity index (χ4n) is 2.22. The number of nitrogens with zero attached hydrogens (tertiary/aromatic N) is 1. The Bertz CT molecular complexity index is 505. The Kier molecular flexibility index (Phi) is 4.62. The van der Waals surface area contributed by atoms with E-state index in [-0.39, 0.29) is 5.38 Å². The minimum absolute atomic E-state index is 0.0644. The van der Waals surface area contributed by atoms with Crippen LogP contribution in [0.2, 0.25) is 0 Å². The van der Waals surface area contributed by atoms with Gasteiger partial charge in [0.15, 0.2) is 0 Å². The van der Waals surface area contributed by atoms with Gasteiger partial charge in [-0.15, -0.1) is 11.6 Å². The maximum absolute atomic E-state index is 6.52. The smallest absolute Gasteiger partial charge is 0.0712 e. The maximum Gasteiger partial charge on any atom is 0.0712 e. The monoisotopic (exact) mass is 261 g/mol. The van der Waals surface area contributed by atoms with Gasteiger partial charge >= 0.3 is 0 Å². The molecule has 0 aliphatic carbocycles. The number of benzene rings is 2. The highest BCUT2D eigenvalue weighted by molar-refractivity contribution is 6.21. The van der Waals surface area contributed by atoms with Crippen LogP contribution in [0.15, 0.2) is 42.5 Å². The summed E-state index contributed by atoms with van der Waals surface area (Å²) < 4.78 is 0. The molecule has 0 fully saturated rings. The third-order valence-electron chi connectivity index (χ3n) is 3.45. The summed E-state index contributed by atoms with van der Waals surface area (Å²) in [6.07, 6.45) is 0. The van der Waals surface area contributed by atoms with Crippen LogP contribution >= 0.6 is 11.6 Å². The quantitative estimate of drug-likeness (QED) is 0.718. The molecule has 0 bridgehead atoms. The summed E-state index contributed by atoms with van der Waals surface area (Å²) in [4.78, 5) is 2.35. The van der Waals surface area contributed by atoms with E-state index in [1.807, 2.05) is 0 Å². The van der Waals surface area contributed by atoms with Crippen LogP contribution in [0.5, 0.6) is 0 Å². The van der Waals surface area contributed by atoms with Crippen molar-refractivity contribution in [3.63, 3.8) is 0 Å². The molecule has 2 aromatic rings. The molecule has 0 radical (unpaired) electrons. The van der Waals surface area contributed by atoms with E-state index in [4.69, 9.17) is 11.6 Å². The van der Waals surface area contributed by atoms with Crippen LogP contribution in [-0.2, 0) is 0 Å². The molecule has 0 N–H and O–H groups in total. The second kappa shape index (κ2) is 6.21. The molecule has 0 heterocycles. The van der Waals surface area contributed by atoms with Crippen LogP contribution in [0.25, 0.3) is 10.8 Å². The summed E-state index contributed by atoms with van der Waals surface area (Å²) in [7, 11) is 0. The zero-order valence-electron chi connectivity index (χ0n) is 11.1. The van der Waals surface area contributed by atoms with E-state index in [0.717, 1.165) is 19.6 Å². The topological polar surface area (TPSA) is 3.24 Å². The number of hydrogen-bond donors (Lipinski definition) is 0. The Labute approximate surface area is 114 Å². The van der Waals surface area contributed by atoms with Crippen LogP contribution in [0.1, 0.15) is 24.8 Å². The van der Waals surface area contributed by atoms with E-state index in [1.54, 1.807) is 0 Å². The van der Waals surface area contributed by atoms with Crippen molar-refractivity contribution in [2.45, 2.75) is 19.2 Å². The Hall–Kier alpha value is -1.05. The standard InChI is InChI=1S/C16H20ClN/c1-3-18(4-2)12-16(17)15-10-9-13-7-5-6-8-14(13)11-15/h5-11,16H,3-4,12H2,1-2H3. The predicted molar refractivity (Wildman–Crippen MR) is 80.3 cm³/mol. The molecule has 1 atom stereocenters. The molecule has 2 rings (SSSR count).